The minimum Gasteiger partial charge on any atom is -0.495 e. The first-order chi connectivity index (χ1) is 11.5. The van der Waals surface area contributed by atoms with E-state index < -0.39 is 10.0 Å². The molecule has 1 saturated heterocycles. The Labute approximate surface area is 144 Å². The zero-order valence-electron chi connectivity index (χ0n) is 14.6. The van der Waals surface area contributed by atoms with Gasteiger partial charge in [0.25, 0.3) is 0 Å². The second kappa shape index (κ2) is 7.98. The monoisotopic (exact) mass is 354 g/mol. The van der Waals surface area contributed by atoms with Gasteiger partial charge in [0.15, 0.2) is 0 Å². The molecule has 0 aliphatic carbocycles. The van der Waals surface area contributed by atoms with Crippen LogP contribution in [0.15, 0.2) is 29.2 Å². The predicted octanol–water partition coefficient (Wildman–Crippen LogP) is 1.96. The molecule has 0 N–H and O–H groups in total. The standard InChI is InChI=1S/C17H26N2O4S/c1-4-14(5-2)17(20)18-10-12-19(13-11-18)24(21,22)16-9-7-6-8-15(16)23-3/h6-9,14H,4-5,10-13H2,1-3H3. The lowest BCUT2D eigenvalue weighted by Gasteiger charge is -2.35. The number of amides is 1. The maximum atomic E-state index is 12.8. The van der Waals surface area contributed by atoms with Gasteiger partial charge in [-0.1, -0.05) is 26.0 Å². The summed E-state index contributed by atoms with van der Waals surface area (Å²) in [4.78, 5) is 14.4. The molecule has 7 heteroatoms. The molecular weight excluding hydrogens is 328 g/mol. The fourth-order valence-corrected chi connectivity index (χ4v) is 4.59. The molecule has 1 aliphatic heterocycles. The first kappa shape index (κ1) is 18.7. The quantitative estimate of drug-likeness (QED) is 0.783. The molecule has 0 unspecified atom stereocenters. The number of carbonyl (C=O) groups excluding carboxylic acids is 1. The number of piperazine rings is 1. The summed E-state index contributed by atoms with van der Waals surface area (Å²) >= 11 is 0. The van der Waals surface area contributed by atoms with Crippen LogP contribution in [0.4, 0.5) is 0 Å². The summed E-state index contributed by atoms with van der Waals surface area (Å²) in [5.41, 5.74) is 0. The summed E-state index contributed by atoms with van der Waals surface area (Å²) in [6.45, 7) is 5.51. The molecule has 134 valence electrons. The second-order valence-electron chi connectivity index (χ2n) is 5.89. The average molecular weight is 354 g/mol. The van der Waals surface area contributed by atoms with Crippen LogP contribution in [-0.2, 0) is 14.8 Å². The molecule has 1 fully saturated rings. The fraction of sp³-hybridized carbons (Fsp3) is 0.588. The van der Waals surface area contributed by atoms with E-state index in [1.165, 1.54) is 11.4 Å². The van der Waals surface area contributed by atoms with Crippen LogP contribution in [-0.4, -0.2) is 56.8 Å². The van der Waals surface area contributed by atoms with Crippen molar-refractivity contribution >= 4 is 15.9 Å². The Morgan fingerprint density at radius 3 is 2.25 bits per heavy atom. The van der Waals surface area contributed by atoms with Crippen LogP contribution < -0.4 is 4.74 Å². The van der Waals surface area contributed by atoms with Crippen molar-refractivity contribution in [2.24, 2.45) is 5.92 Å². The van der Waals surface area contributed by atoms with Crippen molar-refractivity contribution in [3.05, 3.63) is 24.3 Å². The van der Waals surface area contributed by atoms with Crippen LogP contribution in [0.2, 0.25) is 0 Å². The van der Waals surface area contributed by atoms with Gasteiger partial charge < -0.3 is 9.64 Å². The lowest BCUT2D eigenvalue weighted by molar-refractivity contribution is -0.136. The molecule has 1 amide bonds. The number of sulfonamides is 1. The molecule has 0 radical (unpaired) electrons. The molecule has 0 saturated carbocycles. The third kappa shape index (κ3) is 3.72. The summed E-state index contributed by atoms with van der Waals surface area (Å²) in [5.74, 6) is 0.504. The molecule has 0 aromatic heterocycles. The SMILES string of the molecule is CCC(CC)C(=O)N1CCN(S(=O)(=O)c2ccccc2OC)CC1. The Hall–Kier alpha value is -1.60. The van der Waals surface area contributed by atoms with Gasteiger partial charge in [-0.3, -0.25) is 4.79 Å². The maximum Gasteiger partial charge on any atom is 0.246 e. The van der Waals surface area contributed by atoms with Gasteiger partial charge in [0, 0.05) is 32.1 Å². The first-order valence-electron chi connectivity index (χ1n) is 8.37. The van der Waals surface area contributed by atoms with Gasteiger partial charge in [-0.15, -0.1) is 0 Å². The highest BCUT2D eigenvalue weighted by Crippen LogP contribution is 2.27. The highest BCUT2D eigenvalue weighted by atomic mass is 32.2. The van der Waals surface area contributed by atoms with E-state index >= 15 is 0 Å². The number of hydrogen-bond acceptors (Lipinski definition) is 4. The van der Waals surface area contributed by atoms with Crippen molar-refractivity contribution in [2.75, 3.05) is 33.3 Å². The zero-order valence-corrected chi connectivity index (χ0v) is 15.4. The first-order valence-corrected chi connectivity index (χ1v) is 9.81. The fourth-order valence-electron chi connectivity index (χ4n) is 3.02. The van der Waals surface area contributed by atoms with Crippen LogP contribution in [0.3, 0.4) is 0 Å². The Bertz CT molecular complexity index is 663. The molecule has 1 aromatic carbocycles. The Balaban J connectivity index is 2.10. The summed E-state index contributed by atoms with van der Waals surface area (Å²) in [6, 6.07) is 6.61. The summed E-state index contributed by atoms with van der Waals surface area (Å²) in [6.07, 6.45) is 1.63. The molecule has 0 spiro atoms. The number of hydrogen-bond donors (Lipinski definition) is 0. The third-order valence-electron chi connectivity index (χ3n) is 4.57. The molecule has 1 heterocycles. The molecule has 0 bridgehead atoms. The van der Waals surface area contributed by atoms with Gasteiger partial charge in [-0.05, 0) is 25.0 Å². The molecule has 0 atom stereocenters. The van der Waals surface area contributed by atoms with Gasteiger partial charge in [0.2, 0.25) is 15.9 Å². The Morgan fingerprint density at radius 1 is 1.12 bits per heavy atom. The number of methoxy groups -OCH3 is 1. The van der Waals surface area contributed by atoms with E-state index in [1.54, 1.807) is 29.2 Å². The van der Waals surface area contributed by atoms with Gasteiger partial charge in [0.1, 0.15) is 10.6 Å². The lowest BCUT2D eigenvalue weighted by atomic mass is 10.0. The highest BCUT2D eigenvalue weighted by molar-refractivity contribution is 7.89. The number of carbonyl (C=O) groups is 1. The van der Waals surface area contributed by atoms with Crippen LogP contribution in [0, 0.1) is 5.92 Å². The van der Waals surface area contributed by atoms with Crippen molar-refractivity contribution in [3.8, 4) is 5.75 Å². The highest BCUT2D eigenvalue weighted by Gasteiger charge is 2.33. The summed E-state index contributed by atoms with van der Waals surface area (Å²) < 4.78 is 32.3. The van der Waals surface area contributed by atoms with Crippen molar-refractivity contribution in [1.29, 1.82) is 0 Å². The van der Waals surface area contributed by atoms with E-state index in [1.807, 2.05) is 13.8 Å². The van der Waals surface area contributed by atoms with Crippen molar-refractivity contribution < 1.29 is 17.9 Å². The summed E-state index contributed by atoms with van der Waals surface area (Å²) in [7, 11) is -2.16. The largest absolute Gasteiger partial charge is 0.495 e. The maximum absolute atomic E-state index is 12.8. The van der Waals surface area contributed by atoms with Crippen molar-refractivity contribution in [1.82, 2.24) is 9.21 Å². The number of benzene rings is 1. The minimum atomic E-state index is -3.61. The topological polar surface area (TPSA) is 66.9 Å². The van der Waals surface area contributed by atoms with E-state index in [2.05, 4.69) is 0 Å². The Morgan fingerprint density at radius 2 is 1.71 bits per heavy atom. The molecule has 2 rings (SSSR count). The van der Waals surface area contributed by atoms with Crippen molar-refractivity contribution in [2.45, 2.75) is 31.6 Å². The number of rotatable bonds is 6. The lowest BCUT2D eigenvalue weighted by Crippen LogP contribution is -2.51. The van der Waals surface area contributed by atoms with E-state index in [-0.39, 0.29) is 16.7 Å². The second-order valence-corrected chi connectivity index (χ2v) is 7.80. The molecule has 24 heavy (non-hydrogen) atoms. The van der Waals surface area contributed by atoms with Crippen LogP contribution >= 0.6 is 0 Å². The van der Waals surface area contributed by atoms with Gasteiger partial charge in [-0.2, -0.15) is 4.31 Å². The zero-order chi connectivity index (χ0) is 17.7. The number of para-hydroxylation sites is 1. The van der Waals surface area contributed by atoms with E-state index in [0.29, 0.717) is 31.9 Å². The van der Waals surface area contributed by atoms with Crippen LogP contribution in [0.1, 0.15) is 26.7 Å². The van der Waals surface area contributed by atoms with E-state index in [4.69, 9.17) is 4.74 Å². The van der Waals surface area contributed by atoms with E-state index in [9.17, 15) is 13.2 Å². The van der Waals surface area contributed by atoms with Crippen molar-refractivity contribution in [3.63, 3.8) is 0 Å². The minimum absolute atomic E-state index is 0.0300. The number of nitrogens with zero attached hydrogens (tertiary/aromatic N) is 2. The molecule has 1 aromatic rings. The normalized spacial score (nSPS) is 16.4. The average Bonchev–Trinajstić information content (AvgIpc) is 2.62. The van der Waals surface area contributed by atoms with Gasteiger partial charge >= 0.3 is 0 Å². The van der Waals surface area contributed by atoms with Gasteiger partial charge in [-0.25, -0.2) is 8.42 Å². The smallest absolute Gasteiger partial charge is 0.246 e. The number of ether oxygens (including phenoxy) is 1. The Kier molecular flexibility index (Phi) is 6.23. The van der Waals surface area contributed by atoms with Crippen LogP contribution in [0.25, 0.3) is 0 Å². The molecule has 1 aliphatic rings. The van der Waals surface area contributed by atoms with Gasteiger partial charge in [0.05, 0.1) is 7.11 Å². The molecular formula is C17H26N2O4S. The third-order valence-corrected chi connectivity index (χ3v) is 6.51. The summed E-state index contributed by atoms with van der Waals surface area (Å²) in [5, 5.41) is 0. The predicted molar refractivity (Wildman–Crippen MR) is 92.4 cm³/mol. The molecule has 6 nitrogen and oxygen atoms in total. The van der Waals surface area contributed by atoms with E-state index in [0.717, 1.165) is 12.8 Å². The van der Waals surface area contributed by atoms with Crippen LogP contribution in [0.5, 0.6) is 5.75 Å².